The Hall–Kier alpha value is -3.63. The second kappa shape index (κ2) is 8.48. The van der Waals surface area contributed by atoms with Crippen LogP contribution in [0.25, 0.3) is 0 Å². The minimum Gasteiger partial charge on any atom is -0.491 e. The summed E-state index contributed by atoms with van der Waals surface area (Å²) in [5.74, 6) is -1.15. The number of alkyl halides is 3. The fourth-order valence-electron chi connectivity index (χ4n) is 3.23. The second-order valence-electron chi connectivity index (χ2n) is 7.41. The van der Waals surface area contributed by atoms with Gasteiger partial charge in [0.05, 0.1) is 24.1 Å². The maximum Gasteiger partial charge on any atom is 0.418 e. The zero-order valence-electron chi connectivity index (χ0n) is 17.7. The number of ether oxygens (including phenoxy) is 1. The lowest BCUT2D eigenvalue weighted by Crippen LogP contribution is -2.47. The Bertz CT molecular complexity index is 1090. The third-order valence-corrected chi connectivity index (χ3v) is 5.01. The number of anilines is 1. The van der Waals surface area contributed by atoms with E-state index in [1.54, 1.807) is 38.1 Å². The molecule has 1 unspecified atom stereocenters. The molecule has 0 aliphatic carbocycles. The van der Waals surface area contributed by atoms with Crippen molar-refractivity contribution >= 4 is 23.5 Å². The maximum absolute atomic E-state index is 13.0. The van der Waals surface area contributed by atoms with Gasteiger partial charge >= 0.3 is 6.18 Å². The van der Waals surface area contributed by atoms with Gasteiger partial charge in [-0.25, -0.2) is 9.98 Å². The number of rotatable bonds is 5. The quantitative estimate of drug-likeness (QED) is 0.729. The molecule has 1 aromatic heterocycles. The fraction of sp³-hybridized carbons (Fsp3) is 0.333. The van der Waals surface area contributed by atoms with Gasteiger partial charge in [0, 0.05) is 18.9 Å². The van der Waals surface area contributed by atoms with Crippen molar-refractivity contribution in [2.75, 3.05) is 19.0 Å². The number of pyridine rings is 1. The molecule has 11 heteroatoms. The van der Waals surface area contributed by atoms with Crippen molar-refractivity contribution in [1.82, 2.24) is 9.88 Å². The molecular formula is C21H22F3N5O3. The minimum atomic E-state index is -4.62. The van der Waals surface area contributed by atoms with E-state index in [1.807, 2.05) is 0 Å². The number of guanidine groups is 1. The van der Waals surface area contributed by atoms with Gasteiger partial charge in [0.25, 0.3) is 5.91 Å². The summed E-state index contributed by atoms with van der Waals surface area (Å²) in [6.07, 6.45) is -3.96. The zero-order valence-corrected chi connectivity index (χ0v) is 17.7. The van der Waals surface area contributed by atoms with Crippen LogP contribution in [-0.4, -0.2) is 41.3 Å². The SMILES string of the molecule is CCOc1cc(C(F)(F)F)cnc1C(=O)Nc1cccc(C2(C)CC(=O)N(C)C(N)=N2)c1. The van der Waals surface area contributed by atoms with Crippen LogP contribution in [0.4, 0.5) is 18.9 Å². The highest BCUT2D eigenvalue weighted by Gasteiger charge is 2.36. The molecule has 3 rings (SSSR count). The van der Waals surface area contributed by atoms with Crippen LogP contribution in [-0.2, 0) is 16.5 Å². The molecule has 2 aromatic rings. The first-order valence-corrected chi connectivity index (χ1v) is 9.68. The summed E-state index contributed by atoms with van der Waals surface area (Å²) < 4.78 is 44.1. The summed E-state index contributed by atoms with van der Waals surface area (Å²) >= 11 is 0. The summed E-state index contributed by atoms with van der Waals surface area (Å²) in [5.41, 5.74) is 4.59. The molecule has 0 radical (unpaired) electrons. The van der Waals surface area contributed by atoms with E-state index in [4.69, 9.17) is 10.5 Å². The molecule has 3 N–H and O–H groups in total. The molecule has 2 amide bonds. The molecule has 1 aliphatic heterocycles. The van der Waals surface area contributed by atoms with E-state index in [1.165, 1.54) is 11.9 Å². The molecule has 0 fully saturated rings. The van der Waals surface area contributed by atoms with Crippen molar-refractivity contribution in [2.45, 2.75) is 32.0 Å². The third kappa shape index (κ3) is 4.66. The first-order chi connectivity index (χ1) is 14.9. The van der Waals surface area contributed by atoms with Gasteiger partial charge in [-0.3, -0.25) is 14.5 Å². The van der Waals surface area contributed by atoms with Gasteiger partial charge in [-0.05, 0) is 37.6 Å². The maximum atomic E-state index is 13.0. The number of aromatic nitrogens is 1. The van der Waals surface area contributed by atoms with Crippen LogP contribution in [0.5, 0.6) is 5.75 Å². The summed E-state index contributed by atoms with van der Waals surface area (Å²) in [6.45, 7) is 3.39. The van der Waals surface area contributed by atoms with E-state index < -0.39 is 23.2 Å². The number of amides is 2. The zero-order chi connectivity index (χ0) is 23.7. The van der Waals surface area contributed by atoms with Crippen LogP contribution in [0, 0.1) is 0 Å². The van der Waals surface area contributed by atoms with Gasteiger partial charge in [0.2, 0.25) is 5.91 Å². The van der Waals surface area contributed by atoms with Gasteiger partial charge in [-0.15, -0.1) is 0 Å². The second-order valence-corrected chi connectivity index (χ2v) is 7.41. The van der Waals surface area contributed by atoms with Crippen molar-refractivity contribution in [3.8, 4) is 5.75 Å². The number of hydrogen-bond acceptors (Lipinski definition) is 6. The standard InChI is InChI=1S/C21H22F3N5O3/c1-4-32-15-9-13(21(22,23)24)11-26-17(15)18(31)27-14-7-5-6-12(8-14)20(2)10-16(30)29(3)19(25)28-20/h5-9,11H,4,10H2,1-3H3,(H2,25,28)(H,27,31). The van der Waals surface area contributed by atoms with E-state index in [0.29, 0.717) is 17.4 Å². The number of carbonyl (C=O) groups excluding carboxylic acids is 2. The van der Waals surface area contributed by atoms with E-state index >= 15 is 0 Å². The highest BCUT2D eigenvalue weighted by molar-refractivity contribution is 6.05. The van der Waals surface area contributed by atoms with Gasteiger partial charge < -0.3 is 15.8 Å². The van der Waals surface area contributed by atoms with Crippen LogP contribution in [0.15, 0.2) is 41.5 Å². The van der Waals surface area contributed by atoms with E-state index in [2.05, 4.69) is 15.3 Å². The van der Waals surface area contributed by atoms with Gasteiger partial charge in [0.15, 0.2) is 17.4 Å². The monoisotopic (exact) mass is 449 g/mol. The predicted octanol–water partition coefficient (Wildman–Crippen LogP) is 3.14. The van der Waals surface area contributed by atoms with E-state index in [9.17, 15) is 22.8 Å². The van der Waals surface area contributed by atoms with Crippen molar-refractivity contribution in [3.05, 3.63) is 53.3 Å². The van der Waals surface area contributed by atoms with Crippen LogP contribution >= 0.6 is 0 Å². The topological polar surface area (TPSA) is 110 Å². The Kier molecular flexibility index (Phi) is 6.11. The lowest BCUT2D eigenvalue weighted by Gasteiger charge is -2.33. The molecule has 170 valence electrons. The number of benzene rings is 1. The molecule has 0 spiro atoms. The largest absolute Gasteiger partial charge is 0.491 e. The Morgan fingerprint density at radius 2 is 2.06 bits per heavy atom. The molecule has 1 atom stereocenters. The summed E-state index contributed by atoms with van der Waals surface area (Å²) in [5, 5.41) is 2.61. The highest BCUT2D eigenvalue weighted by Crippen LogP contribution is 2.35. The molecular weight excluding hydrogens is 427 g/mol. The van der Waals surface area contributed by atoms with Crippen molar-refractivity contribution in [3.63, 3.8) is 0 Å². The van der Waals surface area contributed by atoms with Crippen LogP contribution in [0.2, 0.25) is 0 Å². The molecule has 2 heterocycles. The first kappa shape index (κ1) is 23.0. The van der Waals surface area contributed by atoms with Crippen molar-refractivity contribution in [1.29, 1.82) is 0 Å². The molecule has 1 aliphatic rings. The number of hydrogen-bond donors (Lipinski definition) is 2. The third-order valence-electron chi connectivity index (χ3n) is 5.01. The normalized spacial score (nSPS) is 18.9. The fourth-order valence-corrected chi connectivity index (χ4v) is 3.23. The lowest BCUT2D eigenvalue weighted by atomic mass is 9.87. The molecule has 0 bridgehead atoms. The summed E-state index contributed by atoms with van der Waals surface area (Å²) in [7, 11) is 1.53. The summed E-state index contributed by atoms with van der Waals surface area (Å²) in [4.78, 5) is 34.3. The number of nitrogens with two attached hydrogens (primary N) is 1. The Labute approximate surface area is 182 Å². The van der Waals surface area contributed by atoms with Crippen LogP contribution in [0.1, 0.15) is 41.9 Å². The van der Waals surface area contributed by atoms with E-state index in [0.717, 1.165) is 6.07 Å². The molecule has 32 heavy (non-hydrogen) atoms. The van der Waals surface area contributed by atoms with Gasteiger partial charge in [-0.2, -0.15) is 13.2 Å². The van der Waals surface area contributed by atoms with Gasteiger partial charge in [0.1, 0.15) is 0 Å². The molecule has 0 saturated carbocycles. The number of aliphatic imine (C=N–C) groups is 1. The van der Waals surface area contributed by atoms with Crippen molar-refractivity contribution in [2.24, 2.45) is 10.7 Å². The smallest absolute Gasteiger partial charge is 0.418 e. The van der Waals surface area contributed by atoms with Crippen LogP contribution < -0.4 is 15.8 Å². The number of halogens is 3. The average molecular weight is 449 g/mol. The Morgan fingerprint density at radius 3 is 2.69 bits per heavy atom. The molecule has 8 nitrogen and oxygen atoms in total. The van der Waals surface area contributed by atoms with Crippen LogP contribution in [0.3, 0.4) is 0 Å². The minimum absolute atomic E-state index is 0.0546. The van der Waals surface area contributed by atoms with Gasteiger partial charge in [-0.1, -0.05) is 12.1 Å². The number of nitrogens with zero attached hydrogens (tertiary/aromatic N) is 3. The summed E-state index contributed by atoms with van der Waals surface area (Å²) in [6, 6.07) is 7.36. The highest BCUT2D eigenvalue weighted by atomic mass is 19.4. The first-order valence-electron chi connectivity index (χ1n) is 9.68. The Morgan fingerprint density at radius 1 is 1.34 bits per heavy atom. The molecule has 0 saturated heterocycles. The number of carbonyl (C=O) groups is 2. The Balaban J connectivity index is 1.89. The van der Waals surface area contributed by atoms with Crippen molar-refractivity contribution < 1.29 is 27.5 Å². The lowest BCUT2D eigenvalue weighted by molar-refractivity contribution is -0.138. The molecule has 1 aromatic carbocycles. The predicted molar refractivity (Wildman–Crippen MR) is 111 cm³/mol. The average Bonchev–Trinajstić information content (AvgIpc) is 2.71. The van der Waals surface area contributed by atoms with E-state index in [-0.39, 0.29) is 36.3 Å². The number of nitrogens with one attached hydrogen (secondary N) is 1.